The van der Waals surface area contributed by atoms with Gasteiger partial charge in [0.15, 0.2) is 11.5 Å². The van der Waals surface area contributed by atoms with Crippen molar-refractivity contribution in [1.82, 2.24) is 0 Å². The van der Waals surface area contributed by atoms with Gasteiger partial charge in [0, 0.05) is 57.5 Å². The summed E-state index contributed by atoms with van der Waals surface area (Å²) in [6.07, 6.45) is 0. The van der Waals surface area contributed by atoms with E-state index in [-0.39, 0.29) is 68.6 Å². The molecule has 0 saturated heterocycles. The third-order valence-corrected chi connectivity index (χ3v) is 1.37. The van der Waals surface area contributed by atoms with Gasteiger partial charge >= 0.3 is 0 Å². The Labute approximate surface area is 117 Å². The van der Waals surface area contributed by atoms with E-state index in [4.69, 9.17) is 5.11 Å². The van der Waals surface area contributed by atoms with Crippen LogP contribution in [0, 0.1) is 10.1 Å². The van der Waals surface area contributed by atoms with E-state index in [2.05, 4.69) is 4.74 Å². The molecule has 0 aliphatic heterocycles. The molecule has 0 fully saturated rings. The number of nitro benzene ring substituents is 1. The molecule has 1 rings (SSSR count). The average Bonchev–Trinajstić information content (AvgIpc) is 2.05. The first-order chi connectivity index (χ1) is 5.65. The van der Waals surface area contributed by atoms with E-state index in [1.54, 1.807) is 0 Å². The van der Waals surface area contributed by atoms with Gasteiger partial charge in [-0.15, -0.1) is 0 Å². The van der Waals surface area contributed by atoms with Gasteiger partial charge in [-0.2, -0.15) is 0 Å². The molecule has 1 aromatic carbocycles. The first kappa shape index (κ1) is 12.9. The minimum atomic E-state index is -0.554. The Bertz CT molecular complexity index is 315. The van der Waals surface area contributed by atoms with Crippen LogP contribution in [-0.4, -0.2) is 68.5 Å². The molecule has 0 saturated carbocycles. The standard InChI is InChI=1S/C7H7NO4.K/c1-12-7-4-5(8(10)11)2-3-6(7)9;/h2-4,9H,1H3;. The fourth-order valence-electron chi connectivity index (χ4n) is 0.780. The number of nitrogens with zero attached hydrogens (tertiary/aromatic N) is 1. The second kappa shape index (κ2) is 5.56. The average molecular weight is 208 g/mol. The maximum atomic E-state index is 10.2. The Morgan fingerprint density at radius 3 is 2.62 bits per heavy atom. The Morgan fingerprint density at radius 1 is 1.54 bits per heavy atom. The SMILES string of the molecule is COc1cc([N+](=O)[O-])ccc1O.[K]. The summed E-state index contributed by atoms with van der Waals surface area (Å²) in [5.74, 6) is -0.00713. The van der Waals surface area contributed by atoms with Gasteiger partial charge in [0.1, 0.15) is 0 Å². The zero-order chi connectivity index (χ0) is 9.14. The van der Waals surface area contributed by atoms with Crippen molar-refractivity contribution in [2.45, 2.75) is 0 Å². The van der Waals surface area contributed by atoms with Crippen LogP contribution in [0.4, 0.5) is 5.69 Å². The van der Waals surface area contributed by atoms with Crippen molar-refractivity contribution < 1.29 is 14.8 Å². The van der Waals surface area contributed by atoms with Crippen LogP contribution >= 0.6 is 0 Å². The van der Waals surface area contributed by atoms with Gasteiger partial charge in [-0.25, -0.2) is 0 Å². The molecule has 1 radical (unpaired) electrons. The number of aromatic hydroxyl groups is 1. The van der Waals surface area contributed by atoms with Crippen molar-refractivity contribution in [3.63, 3.8) is 0 Å². The van der Waals surface area contributed by atoms with Crippen molar-refractivity contribution >= 4 is 57.1 Å². The summed E-state index contributed by atoms with van der Waals surface area (Å²) in [7, 11) is 1.33. The van der Waals surface area contributed by atoms with Gasteiger partial charge in [-0.1, -0.05) is 0 Å². The van der Waals surface area contributed by atoms with Gasteiger partial charge in [0.05, 0.1) is 18.1 Å². The molecule has 0 aromatic heterocycles. The molecule has 0 amide bonds. The summed E-state index contributed by atoms with van der Waals surface area (Å²) in [6.45, 7) is 0. The van der Waals surface area contributed by atoms with E-state index in [0.29, 0.717) is 0 Å². The molecule has 0 aliphatic rings. The zero-order valence-electron chi connectivity index (χ0n) is 7.35. The predicted octanol–water partition coefficient (Wildman–Crippen LogP) is 0.928. The number of nitro groups is 1. The molecule has 5 nitrogen and oxygen atoms in total. The van der Waals surface area contributed by atoms with Gasteiger partial charge in [-0.3, -0.25) is 10.1 Å². The molecule has 0 spiro atoms. The number of ether oxygens (including phenoxy) is 1. The van der Waals surface area contributed by atoms with Crippen LogP contribution in [-0.2, 0) is 0 Å². The summed E-state index contributed by atoms with van der Waals surface area (Å²) < 4.78 is 4.68. The van der Waals surface area contributed by atoms with E-state index >= 15 is 0 Å². The molecule has 0 unspecified atom stereocenters. The second-order valence-corrected chi connectivity index (χ2v) is 2.11. The molecule has 0 aliphatic carbocycles. The van der Waals surface area contributed by atoms with Crippen LogP contribution in [0.2, 0.25) is 0 Å². The number of phenols is 1. The topological polar surface area (TPSA) is 72.6 Å². The van der Waals surface area contributed by atoms with Crippen LogP contribution in [0.25, 0.3) is 0 Å². The summed E-state index contributed by atoms with van der Waals surface area (Å²) in [4.78, 5) is 9.70. The van der Waals surface area contributed by atoms with E-state index in [1.807, 2.05) is 0 Å². The number of hydrogen-bond donors (Lipinski definition) is 1. The quantitative estimate of drug-likeness (QED) is 0.445. The molecule has 0 bridgehead atoms. The predicted molar refractivity (Wildman–Crippen MR) is 47.1 cm³/mol. The van der Waals surface area contributed by atoms with Gasteiger partial charge < -0.3 is 9.84 Å². The Kier molecular flexibility index (Phi) is 5.50. The van der Waals surface area contributed by atoms with Crippen molar-refractivity contribution in [1.29, 1.82) is 0 Å². The van der Waals surface area contributed by atoms with Crippen molar-refractivity contribution in [3.05, 3.63) is 28.3 Å². The van der Waals surface area contributed by atoms with E-state index in [9.17, 15) is 10.1 Å². The molecule has 65 valence electrons. The zero-order valence-corrected chi connectivity index (χ0v) is 10.5. The maximum Gasteiger partial charge on any atom is 0.273 e. The Balaban J connectivity index is 0.00000144. The van der Waals surface area contributed by atoms with Crippen LogP contribution in [0.5, 0.6) is 11.5 Å². The summed E-state index contributed by atoms with van der Waals surface area (Å²) in [5, 5.41) is 19.3. The minimum absolute atomic E-state index is 0. The maximum absolute atomic E-state index is 10.2. The van der Waals surface area contributed by atoms with Crippen molar-refractivity contribution in [3.8, 4) is 11.5 Å². The number of methoxy groups -OCH3 is 1. The number of rotatable bonds is 2. The summed E-state index contributed by atoms with van der Waals surface area (Å²) in [6, 6.07) is 3.59. The van der Waals surface area contributed by atoms with Gasteiger partial charge in [0.2, 0.25) is 0 Å². The van der Waals surface area contributed by atoms with E-state index < -0.39 is 4.92 Å². The largest absolute Gasteiger partial charge is 0.504 e. The third-order valence-electron chi connectivity index (χ3n) is 1.37. The number of benzene rings is 1. The van der Waals surface area contributed by atoms with Crippen LogP contribution in [0.15, 0.2) is 18.2 Å². The summed E-state index contributed by atoms with van der Waals surface area (Å²) in [5.41, 5.74) is -0.107. The molecule has 6 heteroatoms. The normalized spacial score (nSPS) is 8.69. The summed E-state index contributed by atoms with van der Waals surface area (Å²) >= 11 is 0. The molecule has 1 N–H and O–H groups in total. The molecule has 1 aromatic rings. The molecule has 0 atom stereocenters. The third kappa shape index (κ3) is 3.24. The monoisotopic (exact) mass is 208 g/mol. The van der Waals surface area contributed by atoms with Crippen LogP contribution in [0.3, 0.4) is 0 Å². The first-order valence-corrected chi connectivity index (χ1v) is 3.16. The molecular weight excluding hydrogens is 201 g/mol. The molecular formula is C7H7KNO4. The first-order valence-electron chi connectivity index (χ1n) is 3.16. The number of non-ortho nitro benzene ring substituents is 1. The fraction of sp³-hybridized carbons (Fsp3) is 0.143. The van der Waals surface area contributed by atoms with E-state index in [0.717, 1.165) is 6.07 Å². The number of phenolic OH excluding ortho intramolecular Hbond substituents is 1. The minimum Gasteiger partial charge on any atom is -0.504 e. The van der Waals surface area contributed by atoms with Gasteiger partial charge in [-0.05, 0) is 6.07 Å². The smallest absolute Gasteiger partial charge is 0.273 e. The Hall–Kier alpha value is -0.144. The van der Waals surface area contributed by atoms with Crippen molar-refractivity contribution in [2.75, 3.05) is 7.11 Å². The van der Waals surface area contributed by atoms with Crippen LogP contribution < -0.4 is 4.74 Å². The van der Waals surface area contributed by atoms with Gasteiger partial charge in [0.25, 0.3) is 5.69 Å². The van der Waals surface area contributed by atoms with Crippen molar-refractivity contribution in [2.24, 2.45) is 0 Å². The fourth-order valence-corrected chi connectivity index (χ4v) is 0.780. The number of hydrogen-bond acceptors (Lipinski definition) is 4. The van der Waals surface area contributed by atoms with E-state index in [1.165, 1.54) is 19.2 Å². The molecule has 0 heterocycles. The molecule has 13 heavy (non-hydrogen) atoms. The Morgan fingerprint density at radius 2 is 2.15 bits per heavy atom. The van der Waals surface area contributed by atoms with Crippen LogP contribution in [0.1, 0.15) is 0 Å². The second-order valence-electron chi connectivity index (χ2n) is 2.11.